The Morgan fingerprint density at radius 2 is 1.69 bits per heavy atom. The summed E-state index contributed by atoms with van der Waals surface area (Å²) in [4.78, 5) is 54.9. The van der Waals surface area contributed by atoms with E-state index in [4.69, 9.17) is 23.2 Å². The summed E-state index contributed by atoms with van der Waals surface area (Å²) in [5.74, 6) is -1.64. The zero-order valence-electron chi connectivity index (χ0n) is 20.4. The predicted molar refractivity (Wildman–Crippen MR) is 136 cm³/mol. The molecule has 9 heteroatoms. The van der Waals surface area contributed by atoms with Gasteiger partial charge in [-0.25, -0.2) is 0 Å². The Balaban J connectivity index is 1.78. The molecular weight excluding hydrogens is 489 g/mol. The second-order valence-electron chi connectivity index (χ2n) is 9.25. The van der Waals surface area contributed by atoms with Crippen molar-refractivity contribution < 1.29 is 19.2 Å². The molecule has 0 aromatic heterocycles. The molecule has 4 atom stereocenters. The zero-order valence-corrected chi connectivity index (χ0v) is 21.9. The molecule has 1 aliphatic carbocycles. The first-order chi connectivity index (χ1) is 16.7. The fraction of sp³-hybridized carbons (Fsp3) is 0.538. The Hall–Kier alpha value is -2.38. The van der Waals surface area contributed by atoms with Crippen LogP contribution in [0.5, 0.6) is 0 Å². The van der Waals surface area contributed by atoms with Crippen molar-refractivity contribution in [2.24, 2.45) is 11.8 Å². The number of amides is 4. The Morgan fingerprint density at radius 3 is 2.23 bits per heavy atom. The SMILES string of the molecule is CCC(C)NC(=O)C(CC)N(Cc1ccc(Cl)c(Cl)c1)C(=O)CCN1C(=O)[C@H]2CC=CC[C@H]2C1=O. The number of benzene rings is 1. The first-order valence-electron chi connectivity index (χ1n) is 12.2. The van der Waals surface area contributed by atoms with Crippen LogP contribution in [-0.4, -0.2) is 52.1 Å². The van der Waals surface area contributed by atoms with Gasteiger partial charge in [0.25, 0.3) is 0 Å². The summed E-state index contributed by atoms with van der Waals surface area (Å²) in [6.45, 7) is 5.89. The van der Waals surface area contributed by atoms with E-state index in [9.17, 15) is 19.2 Å². The molecule has 1 aliphatic heterocycles. The third kappa shape index (κ3) is 6.25. The molecule has 1 aromatic rings. The lowest BCUT2D eigenvalue weighted by molar-refractivity contribution is -0.144. The van der Waals surface area contributed by atoms with Crippen LogP contribution in [0.2, 0.25) is 10.0 Å². The largest absolute Gasteiger partial charge is 0.352 e. The van der Waals surface area contributed by atoms with E-state index in [0.717, 1.165) is 12.0 Å². The number of carbonyl (C=O) groups is 4. The van der Waals surface area contributed by atoms with Crippen LogP contribution in [-0.2, 0) is 25.7 Å². The van der Waals surface area contributed by atoms with E-state index in [2.05, 4.69) is 5.32 Å². The van der Waals surface area contributed by atoms with Crippen molar-refractivity contribution in [2.45, 2.75) is 71.5 Å². The van der Waals surface area contributed by atoms with Gasteiger partial charge in [0.15, 0.2) is 0 Å². The smallest absolute Gasteiger partial charge is 0.243 e. The number of nitrogens with zero attached hydrogens (tertiary/aromatic N) is 2. The summed E-state index contributed by atoms with van der Waals surface area (Å²) in [5.41, 5.74) is 0.730. The average Bonchev–Trinajstić information content (AvgIpc) is 3.09. The third-order valence-electron chi connectivity index (χ3n) is 6.87. The summed E-state index contributed by atoms with van der Waals surface area (Å²) in [6, 6.07) is 4.35. The molecule has 2 aliphatic rings. The maximum atomic E-state index is 13.5. The molecule has 3 rings (SSSR count). The highest BCUT2D eigenvalue weighted by atomic mass is 35.5. The molecule has 0 spiro atoms. The van der Waals surface area contributed by atoms with Crippen LogP contribution >= 0.6 is 23.2 Å². The fourth-order valence-electron chi connectivity index (χ4n) is 4.64. The number of hydrogen-bond acceptors (Lipinski definition) is 4. The molecule has 7 nitrogen and oxygen atoms in total. The highest BCUT2D eigenvalue weighted by Crippen LogP contribution is 2.35. The second kappa shape index (κ2) is 12.0. The van der Waals surface area contributed by atoms with Gasteiger partial charge in [-0.1, -0.05) is 55.3 Å². The molecule has 1 N–H and O–H groups in total. The fourth-order valence-corrected chi connectivity index (χ4v) is 4.96. The van der Waals surface area contributed by atoms with Gasteiger partial charge in [-0.05, 0) is 50.3 Å². The maximum Gasteiger partial charge on any atom is 0.243 e. The van der Waals surface area contributed by atoms with E-state index in [0.29, 0.717) is 29.3 Å². The number of hydrogen-bond donors (Lipinski definition) is 1. The molecule has 4 amide bonds. The Kier molecular flexibility index (Phi) is 9.36. The molecule has 1 saturated heterocycles. The van der Waals surface area contributed by atoms with Gasteiger partial charge in [0, 0.05) is 25.6 Å². The van der Waals surface area contributed by atoms with Gasteiger partial charge in [0.1, 0.15) is 6.04 Å². The van der Waals surface area contributed by atoms with Crippen LogP contribution in [0.15, 0.2) is 30.4 Å². The lowest BCUT2D eigenvalue weighted by Crippen LogP contribution is -2.51. The summed E-state index contributed by atoms with van der Waals surface area (Å²) >= 11 is 12.2. The minimum absolute atomic E-state index is 0.00475. The predicted octanol–water partition coefficient (Wildman–Crippen LogP) is 4.36. The summed E-state index contributed by atoms with van der Waals surface area (Å²) in [7, 11) is 0. The van der Waals surface area contributed by atoms with Gasteiger partial charge in [0.2, 0.25) is 23.6 Å². The van der Waals surface area contributed by atoms with Gasteiger partial charge < -0.3 is 10.2 Å². The van der Waals surface area contributed by atoms with E-state index < -0.39 is 6.04 Å². The maximum absolute atomic E-state index is 13.5. The first-order valence-corrected chi connectivity index (χ1v) is 13.0. The van der Waals surface area contributed by atoms with Crippen LogP contribution in [0.3, 0.4) is 0 Å². The summed E-state index contributed by atoms with van der Waals surface area (Å²) < 4.78 is 0. The van der Waals surface area contributed by atoms with Crippen LogP contribution in [0, 0.1) is 11.8 Å². The lowest BCUT2D eigenvalue weighted by atomic mass is 9.85. The van der Waals surface area contributed by atoms with E-state index in [1.54, 1.807) is 18.2 Å². The van der Waals surface area contributed by atoms with Crippen molar-refractivity contribution in [2.75, 3.05) is 6.54 Å². The summed E-state index contributed by atoms with van der Waals surface area (Å²) in [5, 5.41) is 3.72. The number of allylic oxidation sites excluding steroid dienone is 2. The molecule has 190 valence electrons. The van der Waals surface area contributed by atoms with E-state index in [1.807, 2.05) is 32.9 Å². The van der Waals surface area contributed by atoms with Crippen LogP contribution in [0.1, 0.15) is 58.4 Å². The minimum atomic E-state index is -0.706. The number of carbonyl (C=O) groups excluding carboxylic acids is 4. The normalized spacial score (nSPS) is 21.0. The quantitative estimate of drug-likeness (QED) is 0.366. The molecule has 1 fully saturated rings. The number of likely N-dealkylation sites (tertiary alicyclic amines) is 1. The van der Waals surface area contributed by atoms with Crippen molar-refractivity contribution in [1.29, 1.82) is 0 Å². The Bertz CT molecular complexity index is 986. The topological polar surface area (TPSA) is 86.8 Å². The molecule has 2 unspecified atom stereocenters. The number of halogens is 2. The van der Waals surface area contributed by atoms with E-state index in [1.165, 1.54) is 9.80 Å². The number of fused-ring (bicyclic) bond motifs is 1. The molecule has 35 heavy (non-hydrogen) atoms. The molecular formula is C26H33Cl2N3O4. The van der Waals surface area contributed by atoms with Crippen molar-refractivity contribution in [3.63, 3.8) is 0 Å². The molecule has 0 radical (unpaired) electrons. The Morgan fingerprint density at radius 1 is 1.06 bits per heavy atom. The monoisotopic (exact) mass is 521 g/mol. The molecule has 0 bridgehead atoms. The highest BCUT2D eigenvalue weighted by molar-refractivity contribution is 6.42. The van der Waals surface area contributed by atoms with Gasteiger partial charge in [-0.3, -0.25) is 24.1 Å². The summed E-state index contributed by atoms with van der Waals surface area (Å²) in [6.07, 6.45) is 6.09. The van der Waals surface area contributed by atoms with Crippen molar-refractivity contribution in [3.8, 4) is 0 Å². The van der Waals surface area contributed by atoms with E-state index in [-0.39, 0.29) is 61.0 Å². The van der Waals surface area contributed by atoms with E-state index >= 15 is 0 Å². The van der Waals surface area contributed by atoms with Gasteiger partial charge in [0.05, 0.1) is 21.9 Å². The molecule has 0 saturated carbocycles. The van der Waals surface area contributed by atoms with Crippen LogP contribution in [0.25, 0.3) is 0 Å². The van der Waals surface area contributed by atoms with Crippen LogP contribution < -0.4 is 5.32 Å². The third-order valence-corrected chi connectivity index (χ3v) is 7.61. The first kappa shape index (κ1) is 27.2. The number of rotatable bonds is 10. The average molecular weight is 522 g/mol. The van der Waals surface area contributed by atoms with Gasteiger partial charge in [-0.2, -0.15) is 0 Å². The van der Waals surface area contributed by atoms with Crippen molar-refractivity contribution >= 4 is 46.8 Å². The molecule has 1 heterocycles. The zero-order chi connectivity index (χ0) is 25.7. The highest BCUT2D eigenvalue weighted by Gasteiger charge is 2.47. The van der Waals surface area contributed by atoms with Crippen molar-refractivity contribution in [3.05, 3.63) is 46.0 Å². The van der Waals surface area contributed by atoms with Crippen molar-refractivity contribution in [1.82, 2.24) is 15.1 Å². The molecule has 1 aromatic carbocycles. The standard InChI is InChI=1S/C26H33Cl2N3O4/c1-4-16(3)29-24(33)22(5-2)31(15-17-10-11-20(27)21(28)14-17)23(32)12-13-30-25(34)18-8-6-7-9-19(18)26(30)35/h6-7,10-11,14,16,18-19,22H,4-5,8-9,12-13,15H2,1-3H3,(H,29,33)/t16?,18-,19+,22?. The van der Waals surface area contributed by atoms with Crippen LogP contribution in [0.4, 0.5) is 0 Å². The Labute approximate surface area is 216 Å². The second-order valence-corrected chi connectivity index (χ2v) is 10.1. The van der Waals surface area contributed by atoms with Gasteiger partial charge in [-0.15, -0.1) is 0 Å². The van der Waals surface area contributed by atoms with Gasteiger partial charge >= 0.3 is 0 Å². The number of imide groups is 1. The minimum Gasteiger partial charge on any atom is -0.352 e. The lowest BCUT2D eigenvalue weighted by Gasteiger charge is -2.32. The number of nitrogens with one attached hydrogen (secondary N) is 1.